The molecule has 0 aliphatic carbocycles. The van der Waals surface area contributed by atoms with Crippen molar-refractivity contribution in [3.63, 3.8) is 0 Å². The van der Waals surface area contributed by atoms with Crippen molar-refractivity contribution in [3.8, 4) is 0 Å². The number of rotatable bonds is 5. The summed E-state index contributed by atoms with van der Waals surface area (Å²) in [4.78, 5) is 6.93. The van der Waals surface area contributed by atoms with Crippen molar-refractivity contribution in [2.45, 2.75) is 52.1 Å². The number of nitrogens with one attached hydrogen (secondary N) is 1. The second kappa shape index (κ2) is 5.36. The Bertz CT molecular complexity index is 379. The van der Waals surface area contributed by atoms with Gasteiger partial charge < -0.3 is 9.84 Å². The second-order valence-electron chi connectivity index (χ2n) is 6.04. The molecule has 0 amide bonds. The molecule has 1 aliphatic heterocycles. The molecule has 0 radical (unpaired) electrons. The van der Waals surface area contributed by atoms with Crippen LogP contribution in [0.15, 0.2) is 4.52 Å². The Hall–Kier alpha value is -0.940. The lowest BCUT2D eigenvalue weighted by Crippen LogP contribution is -2.57. The Balaban J connectivity index is 2.00. The van der Waals surface area contributed by atoms with Crippen LogP contribution in [0.5, 0.6) is 0 Å². The average molecular weight is 252 g/mol. The van der Waals surface area contributed by atoms with Crippen LogP contribution in [-0.4, -0.2) is 40.7 Å². The number of nitrogens with zero attached hydrogens (tertiary/aromatic N) is 3. The van der Waals surface area contributed by atoms with E-state index >= 15 is 0 Å². The normalized spacial score (nSPS) is 17.2. The molecule has 102 valence electrons. The van der Waals surface area contributed by atoms with Crippen LogP contribution in [0.1, 0.15) is 45.8 Å². The molecule has 1 fully saturated rings. The molecule has 0 aromatic carbocycles. The van der Waals surface area contributed by atoms with Crippen molar-refractivity contribution in [2.75, 3.05) is 19.6 Å². The van der Waals surface area contributed by atoms with Gasteiger partial charge in [-0.15, -0.1) is 0 Å². The number of hydrogen-bond acceptors (Lipinski definition) is 5. The molecule has 18 heavy (non-hydrogen) atoms. The smallest absolute Gasteiger partial charge is 0.240 e. The standard InChI is InChI=1S/C13H24N4O/c1-5-6-17(10-7-14-8-10)9-11-15-12(16-18-11)13(2,3)4/h10,14H,5-9H2,1-4H3. The Morgan fingerprint density at radius 1 is 1.39 bits per heavy atom. The van der Waals surface area contributed by atoms with Gasteiger partial charge in [0.25, 0.3) is 0 Å². The number of aromatic nitrogens is 2. The van der Waals surface area contributed by atoms with Crippen LogP contribution >= 0.6 is 0 Å². The molecule has 5 heteroatoms. The van der Waals surface area contributed by atoms with E-state index in [9.17, 15) is 0 Å². The highest BCUT2D eigenvalue weighted by Crippen LogP contribution is 2.19. The van der Waals surface area contributed by atoms with Gasteiger partial charge in [-0.05, 0) is 13.0 Å². The third kappa shape index (κ3) is 3.09. The summed E-state index contributed by atoms with van der Waals surface area (Å²) in [7, 11) is 0. The first-order chi connectivity index (χ1) is 8.50. The van der Waals surface area contributed by atoms with E-state index in [0.717, 1.165) is 44.3 Å². The fourth-order valence-electron chi connectivity index (χ4n) is 2.01. The van der Waals surface area contributed by atoms with E-state index in [1.54, 1.807) is 0 Å². The molecule has 5 nitrogen and oxygen atoms in total. The molecule has 2 rings (SSSR count). The minimum absolute atomic E-state index is 0.0463. The summed E-state index contributed by atoms with van der Waals surface area (Å²) in [5, 5.41) is 7.38. The van der Waals surface area contributed by atoms with Crippen molar-refractivity contribution < 1.29 is 4.52 Å². The van der Waals surface area contributed by atoms with Gasteiger partial charge in [-0.1, -0.05) is 32.9 Å². The van der Waals surface area contributed by atoms with Crippen LogP contribution in [0.2, 0.25) is 0 Å². The van der Waals surface area contributed by atoms with E-state index in [1.165, 1.54) is 0 Å². The second-order valence-corrected chi connectivity index (χ2v) is 6.04. The molecule has 1 aromatic heterocycles. The van der Waals surface area contributed by atoms with Gasteiger partial charge in [0.05, 0.1) is 6.54 Å². The molecule has 0 saturated carbocycles. The summed E-state index contributed by atoms with van der Waals surface area (Å²) in [5.41, 5.74) is -0.0463. The highest BCUT2D eigenvalue weighted by atomic mass is 16.5. The number of hydrogen-bond donors (Lipinski definition) is 1. The first-order valence-electron chi connectivity index (χ1n) is 6.78. The van der Waals surface area contributed by atoms with E-state index in [0.29, 0.717) is 6.04 Å². The maximum atomic E-state index is 5.36. The first-order valence-corrected chi connectivity index (χ1v) is 6.78. The average Bonchev–Trinajstić information content (AvgIpc) is 2.63. The topological polar surface area (TPSA) is 54.2 Å². The highest BCUT2D eigenvalue weighted by Gasteiger charge is 2.27. The van der Waals surface area contributed by atoms with E-state index in [1.807, 2.05) is 0 Å². The zero-order chi connectivity index (χ0) is 13.2. The Kier molecular flexibility index (Phi) is 4.02. The third-order valence-corrected chi connectivity index (χ3v) is 3.26. The van der Waals surface area contributed by atoms with Crippen molar-refractivity contribution in [1.29, 1.82) is 0 Å². The Morgan fingerprint density at radius 3 is 2.56 bits per heavy atom. The lowest BCUT2D eigenvalue weighted by molar-refractivity contribution is 0.122. The van der Waals surface area contributed by atoms with Crippen LogP contribution in [0.4, 0.5) is 0 Å². The SMILES string of the molecule is CCCN(Cc1nc(C(C)(C)C)no1)C1CNC1. The molecule has 0 atom stereocenters. The maximum Gasteiger partial charge on any atom is 0.240 e. The van der Waals surface area contributed by atoms with Gasteiger partial charge in [-0.3, -0.25) is 4.90 Å². The molecule has 1 aromatic rings. The van der Waals surface area contributed by atoms with Gasteiger partial charge in [0.2, 0.25) is 5.89 Å². The van der Waals surface area contributed by atoms with Crippen molar-refractivity contribution >= 4 is 0 Å². The van der Waals surface area contributed by atoms with Gasteiger partial charge in [-0.2, -0.15) is 4.98 Å². The van der Waals surface area contributed by atoms with Crippen LogP contribution in [0, 0.1) is 0 Å². The zero-order valence-electron chi connectivity index (χ0n) is 11.9. The van der Waals surface area contributed by atoms with Gasteiger partial charge in [-0.25, -0.2) is 0 Å². The molecule has 1 aliphatic rings. The lowest BCUT2D eigenvalue weighted by atomic mass is 9.96. The summed E-state index contributed by atoms with van der Waals surface area (Å²) in [6, 6.07) is 0.620. The molecule has 2 heterocycles. The molecule has 0 unspecified atom stereocenters. The maximum absolute atomic E-state index is 5.36. The monoisotopic (exact) mass is 252 g/mol. The van der Waals surface area contributed by atoms with Gasteiger partial charge in [0.1, 0.15) is 0 Å². The van der Waals surface area contributed by atoms with Gasteiger partial charge in [0.15, 0.2) is 5.82 Å². The van der Waals surface area contributed by atoms with Crippen molar-refractivity contribution in [2.24, 2.45) is 0 Å². The van der Waals surface area contributed by atoms with Crippen LogP contribution in [0.25, 0.3) is 0 Å². The molecular formula is C13H24N4O. The van der Waals surface area contributed by atoms with Crippen LogP contribution in [0.3, 0.4) is 0 Å². The zero-order valence-corrected chi connectivity index (χ0v) is 11.9. The van der Waals surface area contributed by atoms with E-state index in [2.05, 4.69) is 48.1 Å². The van der Waals surface area contributed by atoms with E-state index in [-0.39, 0.29) is 5.41 Å². The summed E-state index contributed by atoms with van der Waals surface area (Å²) in [6.07, 6.45) is 1.15. The third-order valence-electron chi connectivity index (χ3n) is 3.26. The van der Waals surface area contributed by atoms with Gasteiger partial charge in [0, 0.05) is 24.5 Å². The van der Waals surface area contributed by atoms with Crippen molar-refractivity contribution in [3.05, 3.63) is 11.7 Å². The fraction of sp³-hybridized carbons (Fsp3) is 0.846. The lowest BCUT2D eigenvalue weighted by Gasteiger charge is -2.37. The summed E-state index contributed by atoms with van der Waals surface area (Å²) in [5.74, 6) is 1.53. The highest BCUT2D eigenvalue weighted by molar-refractivity contribution is 5.00. The molecule has 1 N–H and O–H groups in total. The Morgan fingerprint density at radius 2 is 2.11 bits per heavy atom. The fourth-order valence-corrected chi connectivity index (χ4v) is 2.01. The van der Waals surface area contributed by atoms with Crippen LogP contribution < -0.4 is 5.32 Å². The Labute approximate surface area is 109 Å². The quantitative estimate of drug-likeness (QED) is 0.861. The first kappa shape index (κ1) is 13.5. The van der Waals surface area contributed by atoms with Crippen molar-refractivity contribution in [1.82, 2.24) is 20.4 Å². The molecule has 1 saturated heterocycles. The minimum Gasteiger partial charge on any atom is -0.338 e. The predicted octanol–water partition coefficient (Wildman–Crippen LogP) is 1.55. The molecule has 0 spiro atoms. The molecule has 0 bridgehead atoms. The van der Waals surface area contributed by atoms with E-state index < -0.39 is 0 Å². The summed E-state index contributed by atoms with van der Waals surface area (Å²) < 4.78 is 5.36. The molecular weight excluding hydrogens is 228 g/mol. The summed E-state index contributed by atoms with van der Waals surface area (Å²) >= 11 is 0. The largest absolute Gasteiger partial charge is 0.338 e. The van der Waals surface area contributed by atoms with Gasteiger partial charge >= 0.3 is 0 Å². The minimum atomic E-state index is -0.0463. The van der Waals surface area contributed by atoms with E-state index in [4.69, 9.17) is 4.52 Å². The summed E-state index contributed by atoms with van der Waals surface area (Å²) in [6.45, 7) is 12.5. The predicted molar refractivity (Wildman–Crippen MR) is 70.4 cm³/mol. The van der Waals surface area contributed by atoms with Crippen LogP contribution in [-0.2, 0) is 12.0 Å².